The van der Waals surface area contributed by atoms with Gasteiger partial charge in [0.15, 0.2) is 17.8 Å². The van der Waals surface area contributed by atoms with Gasteiger partial charge in [0.1, 0.15) is 5.75 Å². The molecule has 1 aliphatic heterocycles. The molecule has 0 N–H and O–H groups in total. The zero-order valence-electron chi connectivity index (χ0n) is 15.8. The van der Waals surface area contributed by atoms with Crippen molar-refractivity contribution in [3.05, 3.63) is 60.7 Å². The number of hydrogen-bond acceptors (Lipinski definition) is 4. The number of hydrogen-bond donors (Lipinski definition) is 0. The molecule has 1 unspecified atom stereocenters. The van der Waals surface area contributed by atoms with E-state index in [1.54, 1.807) is 0 Å². The zero-order valence-corrected chi connectivity index (χ0v) is 15.8. The summed E-state index contributed by atoms with van der Waals surface area (Å²) in [5.74, 6) is 2.41. The first kappa shape index (κ1) is 19.3. The molecule has 0 saturated carbocycles. The fourth-order valence-electron chi connectivity index (χ4n) is 2.89. The lowest BCUT2D eigenvalue weighted by molar-refractivity contribution is -0.106. The van der Waals surface area contributed by atoms with E-state index in [-0.39, 0.29) is 6.29 Å². The van der Waals surface area contributed by atoms with Crippen LogP contribution >= 0.6 is 0 Å². The molecule has 144 valence electrons. The molecule has 0 spiro atoms. The van der Waals surface area contributed by atoms with E-state index in [0.29, 0.717) is 13.2 Å². The van der Waals surface area contributed by atoms with Crippen LogP contribution in [0.1, 0.15) is 37.7 Å². The van der Waals surface area contributed by atoms with E-state index in [4.69, 9.17) is 18.9 Å². The van der Waals surface area contributed by atoms with Crippen LogP contribution in [0.15, 0.2) is 55.1 Å². The number of unbranched alkanes of at least 4 members (excludes halogenated alkanes) is 1. The van der Waals surface area contributed by atoms with Gasteiger partial charge in [0.05, 0.1) is 19.8 Å². The third-order valence-electron chi connectivity index (χ3n) is 4.43. The lowest BCUT2D eigenvalue weighted by Crippen LogP contribution is -2.25. The highest BCUT2D eigenvalue weighted by molar-refractivity contribution is 5.48. The van der Waals surface area contributed by atoms with Gasteiger partial charge in [-0.2, -0.15) is 0 Å². The Morgan fingerprint density at radius 3 is 2.37 bits per heavy atom. The van der Waals surface area contributed by atoms with Crippen LogP contribution in [0.5, 0.6) is 17.2 Å². The van der Waals surface area contributed by atoms with E-state index >= 15 is 0 Å². The fraction of sp³-hybridized carbons (Fsp3) is 0.391. The first-order chi connectivity index (χ1) is 13.3. The van der Waals surface area contributed by atoms with Crippen molar-refractivity contribution in [3.63, 3.8) is 0 Å². The summed E-state index contributed by atoms with van der Waals surface area (Å²) in [6.45, 7) is 5.82. The van der Waals surface area contributed by atoms with Crippen LogP contribution in [0.4, 0.5) is 0 Å². The Kier molecular flexibility index (Phi) is 7.60. The van der Waals surface area contributed by atoms with Gasteiger partial charge in [0.25, 0.3) is 0 Å². The molecule has 0 radical (unpaired) electrons. The van der Waals surface area contributed by atoms with Gasteiger partial charge in [-0.3, -0.25) is 0 Å². The van der Waals surface area contributed by atoms with Crippen LogP contribution in [-0.2, 0) is 4.74 Å². The van der Waals surface area contributed by atoms with Crippen LogP contribution in [0.3, 0.4) is 0 Å². The van der Waals surface area contributed by atoms with Crippen molar-refractivity contribution in [1.82, 2.24) is 0 Å². The molecule has 0 amide bonds. The molecule has 0 aliphatic carbocycles. The maximum Gasteiger partial charge on any atom is 0.200 e. The van der Waals surface area contributed by atoms with E-state index in [1.807, 2.05) is 54.6 Å². The molecule has 0 bridgehead atoms. The first-order valence-corrected chi connectivity index (χ1v) is 9.70. The number of rotatable bonds is 10. The van der Waals surface area contributed by atoms with Crippen LogP contribution < -0.4 is 14.2 Å². The quantitative estimate of drug-likeness (QED) is 0.521. The standard InChI is InChI=1S/C23H28O4/c1-2-19-12-14-20(15-13-19)24-16-7-8-17-25-21-9-3-4-10-22(21)27-23-11-5-6-18-26-23/h2-4,9-10,12-15,23H,1,5-8,11,16-18H2. The maximum atomic E-state index is 5.96. The van der Waals surface area contributed by atoms with Crippen molar-refractivity contribution in [2.24, 2.45) is 0 Å². The third-order valence-corrected chi connectivity index (χ3v) is 4.43. The van der Waals surface area contributed by atoms with Gasteiger partial charge in [-0.1, -0.05) is 36.9 Å². The van der Waals surface area contributed by atoms with E-state index in [0.717, 1.165) is 61.5 Å². The van der Waals surface area contributed by atoms with Crippen LogP contribution in [0.2, 0.25) is 0 Å². The second kappa shape index (κ2) is 10.6. The minimum atomic E-state index is -0.163. The molecule has 1 heterocycles. The van der Waals surface area contributed by atoms with Gasteiger partial charge in [-0.05, 0) is 55.5 Å². The average Bonchev–Trinajstić information content (AvgIpc) is 2.73. The molecule has 1 atom stereocenters. The Morgan fingerprint density at radius 1 is 0.926 bits per heavy atom. The Labute approximate surface area is 161 Å². The predicted molar refractivity (Wildman–Crippen MR) is 107 cm³/mol. The van der Waals surface area contributed by atoms with Crippen LogP contribution in [-0.4, -0.2) is 26.1 Å². The van der Waals surface area contributed by atoms with E-state index in [1.165, 1.54) is 0 Å². The van der Waals surface area contributed by atoms with Crippen molar-refractivity contribution in [3.8, 4) is 17.2 Å². The average molecular weight is 368 g/mol. The molecule has 1 aliphatic rings. The molecule has 1 fully saturated rings. The number of ether oxygens (including phenoxy) is 4. The summed E-state index contributed by atoms with van der Waals surface area (Å²) in [6, 6.07) is 15.7. The SMILES string of the molecule is C=Cc1ccc(OCCCCOc2ccccc2OC2CCCCO2)cc1. The lowest BCUT2D eigenvalue weighted by atomic mass is 10.2. The summed E-state index contributed by atoms with van der Waals surface area (Å²) in [4.78, 5) is 0. The number of para-hydroxylation sites is 2. The summed E-state index contributed by atoms with van der Waals surface area (Å²) in [5, 5.41) is 0. The topological polar surface area (TPSA) is 36.9 Å². The normalized spacial score (nSPS) is 16.5. The first-order valence-electron chi connectivity index (χ1n) is 9.70. The summed E-state index contributed by atoms with van der Waals surface area (Å²) in [6.07, 6.45) is 6.69. The Hall–Kier alpha value is -2.46. The number of benzene rings is 2. The summed E-state index contributed by atoms with van der Waals surface area (Å²) >= 11 is 0. The summed E-state index contributed by atoms with van der Waals surface area (Å²) in [5.41, 5.74) is 1.09. The highest BCUT2D eigenvalue weighted by atomic mass is 16.7. The molecule has 3 rings (SSSR count). The smallest absolute Gasteiger partial charge is 0.200 e. The van der Waals surface area contributed by atoms with Crippen molar-refractivity contribution < 1.29 is 18.9 Å². The largest absolute Gasteiger partial charge is 0.494 e. The van der Waals surface area contributed by atoms with Crippen LogP contribution in [0, 0.1) is 0 Å². The van der Waals surface area contributed by atoms with Gasteiger partial charge < -0.3 is 18.9 Å². The van der Waals surface area contributed by atoms with Gasteiger partial charge in [0.2, 0.25) is 0 Å². The van der Waals surface area contributed by atoms with Crippen molar-refractivity contribution in [2.45, 2.75) is 38.4 Å². The maximum absolute atomic E-state index is 5.96. The van der Waals surface area contributed by atoms with E-state index in [9.17, 15) is 0 Å². The highest BCUT2D eigenvalue weighted by Gasteiger charge is 2.17. The Morgan fingerprint density at radius 2 is 1.67 bits per heavy atom. The van der Waals surface area contributed by atoms with Crippen molar-refractivity contribution >= 4 is 6.08 Å². The predicted octanol–water partition coefficient (Wildman–Crippen LogP) is 5.47. The van der Waals surface area contributed by atoms with Crippen LogP contribution in [0.25, 0.3) is 6.08 Å². The molecule has 4 nitrogen and oxygen atoms in total. The molecular weight excluding hydrogens is 340 g/mol. The second-order valence-corrected chi connectivity index (χ2v) is 6.54. The lowest BCUT2D eigenvalue weighted by Gasteiger charge is -2.24. The molecule has 27 heavy (non-hydrogen) atoms. The van der Waals surface area contributed by atoms with E-state index < -0.39 is 0 Å². The summed E-state index contributed by atoms with van der Waals surface area (Å²) < 4.78 is 23.3. The van der Waals surface area contributed by atoms with Gasteiger partial charge in [0, 0.05) is 6.42 Å². The Bertz CT molecular complexity index is 690. The minimum Gasteiger partial charge on any atom is -0.494 e. The fourth-order valence-corrected chi connectivity index (χ4v) is 2.89. The molecule has 4 heteroatoms. The van der Waals surface area contributed by atoms with E-state index in [2.05, 4.69) is 6.58 Å². The highest BCUT2D eigenvalue weighted by Crippen LogP contribution is 2.29. The van der Waals surface area contributed by atoms with Gasteiger partial charge in [-0.15, -0.1) is 0 Å². The molecule has 2 aromatic carbocycles. The Balaban J connectivity index is 1.36. The summed E-state index contributed by atoms with van der Waals surface area (Å²) in [7, 11) is 0. The second-order valence-electron chi connectivity index (χ2n) is 6.54. The van der Waals surface area contributed by atoms with Gasteiger partial charge in [-0.25, -0.2) is 0 Å². The molecular formula is C23H28O4. The molecule has 0 aromatic heterocycles. The zero-order chi connectivity index (χ0) is 18.7. The molecule has 1 saturated heterocycles. The third kappa shape index (κ3) is 6.33. The van der Waals surface area contributed by atoms with Gasteiger partial charge >= 0.3 is 0 Å². The minimum absolute atomic E-state index is 0.163. The van der Waals surface area contributed by atoms with Crippen molar-refractivity contribution in [1.29, 1.82) is 0 Å². The monoisotopic (exact) mass is 368 g/mol. The van der Waals surface area contributed by atoms with Crippen molar-refractivity contribution in [2.75, 3.05) is 19.8 Å². The molecule has 2 aromatic rings.